The van der Waals surface area contributed by atoms with Crippen LogP contribution in [0.15, 0.2) is 66.7 Å². The van der Waals surface area contributed by atoms with Crippen LogP contribution < -0.4 is 24.4 Å². The van der Waals surface area contributed by atoms with Gasteiger partial charge in [0.2, 0.25) is 0 Å². The van der Waals surface area contributed by atoms with Crippen molar-refractivity contribution in [2.75, 3.05) is 31.0 Å². The molecule has 34 heavy (non-hydrogen) atoms. The van der Waals surface area contributed by atoms with E-state index >= 15 is 0 Å². The van der Waals surface area contributed by atoms with Gasteiger partial charge in [0.15, 0.2) is 6.10 Å². The average molecular weight is 461 g/mol. The van der Waals surface area contributed by atoms with Gasteiger partial charge in [0.05, 0.1) is 19.9 Å². The molecule has 3 aromatic carbocycles. The number of nitrogens with one attached hydrogen (secondary N) is 1. The normalized spacial score (nSPS) is 14.7. The second-order valence-electron chi connectivity index (χ2n) is 8.01. The van der Waals surface area contributed by atoms with E-state index in [4.69, 9.17) is 14.2 Å². The van der Waals surface area contributed by atoms with Crippen LogP contribution in [0.1, 0.15) is 29.3 Å². The van der Waals surface area contributed by atoms with Crippen molar-refractivity contribution in [2.45, 2.75) is 25.9 Å². The number of hydrogen-bond acceptors (Lipinski definition) is 5. The first-order chi connectivity index (χ1) is 16.5. The predicted molar refractivity (Wildman–Crippen MR) is 131 cm³/mol. The standard InChI is InChI=1S/C27H28N2O5/c1-18-27(31)29(16-8-11-19-9-5-4-6-10-19)21-17-20(14-15-22(21)34-18)28-26(30)25-23(32-2)12-7-13-24(25)33-3/h4-7,9-10,12-15,17-18H,8,11,16H2,1-3H3,(H,28,30). The summed E-state index contributed by atoms with van der Waals surface area (Å²) in [4.78, 5) is 27.8. The predicted octanol–water partition coefficient (Wildman–Crippen LogP) is 4.70. The van der Waals surface area contributed by atoms with E-state index in [2.05, 4.69) is 17.4 Å². The lowest BCUT2D eigenvalue weighted by atomic mass is 10.1. The van der Waals surface area contributed by atoms with Gasteiger partial charge in [-0.2, -0.15) is 0 Å². The molecule has 4 rings (SSSR count). The Hall–Kier alpha value is -4.00. The molecule has 1 unspecified atom stereocenters. The quantitative estimate of drug-likeness (QED) is 0.527. The molecule has 7 heteroatoms. The highest BCUT2D eigenvalue weighted by molar-refractivity contribution is 6.09. The maximum Gasteiger partial charge on any atom is 0.267 e. The van der Waals surface area contributed by atoms with E-state index in [0.717, 1.165) is 12.8 Å². The van der Waals surface area contributed by atoms with Crippen LogP contribution in [-0.4, -0.2) is 38.7 Å². The van der Waals surface area contributed by atoms with Crippen LogP contribution in [0.5, 0.6) is 17.2 Å². The Morgan fingerprint density at radius 1 is 1.00 bits per heavy atom. The Morgan fingerprint density at radius 2 is 1.71 bits per heavy atom. The van der Waals surface area contributed by atoms with Crippen molar-refractivity contribution >= 4 is 23.2 Å². The average Bonchev–Trinajstić information content (AvgIpc) is 2.86. The van der Waals surface area contributed by atoms with Crippen molar-refractivity contribution in [2.24, 2.45) is 0 Å². The minimum absolute atomic E-state index is 0.101. The van der Waals surface area contributed by atoms with Crippen LogP contribution >= 0.6 is 0 Å². The maximum absolute atomic E-state index is 13.1. The SMILES string of the molecule is COc1cccc(OC)c1C(=O)Nc1ccc2c(c1)N(CCCc1ccccc1)C(=O)C(C)O2. The molecule has 1 aliphatic rings. The summed E-state index contributed by atoms with van der Waals surface area (Å²) in [6.45, 7) is 2.30. The molecule has 0 bridgehead atoms. The second kappa shape index (κ2) is 10.3. The van der Waals surface area contributed by atoms with E-state index < -0.39 is 6.10 Å². The second-order valence-corrected chi connectivity index (χ2v) is 8.01. The zero-order valence-electron chi connectivity index (χ0n) is 19.5. The number of fused-ring (bicyclic) bond motifs is 1. The molecule has 1 heterocycles. The lowest BCUT2D eigenvalue weighted by Gasteiger charge is -2.33. The highest BCUT2D eigenvalue weighted by Crippen LogP contribution is 2.37. The van der Waals surface area contributed by atoms with Crippen LogP contribution in [0.4, 0.5) is 11.4 Å². The molecular formula is C27H28N2O5. The van der Waals surface area contributed by atoms with E-state index in [9.17, 15) is 9.59 Å². The smallest absolute Gasteiger partial charge is 0.267 e. The molecule has 0 aromatic heterocycles. The molecule has 0 saturated carbocycles. The molecular weight excluding hydrogens is 432 g/mol. The third kappa shape index (κ3) is 4.83. The molecule has 7 nitrogen and oxygen atoms in total. The van der Waals surface area contributed by atoms with Crippen molar-refractivity contribution in [3.05, 3.63) is 77.9 Å². The first-order valence-electron chi connectivity index (χ1n) is 11.2. The summed E-state index contributed by atoms with van der Waals surface area (Å²) in [6, 6.07) is 20.6. The summed E-state index contributed by atoms with van der Waals surface area (Å²) in [6.07, 6.45) is 1.10. The summed E-state index contributed by atoms with van der Waals surface area (Å²) in [5, 5.41) is 2.89. The van der Waals surface area contributed by atoms with Gasteiger partial charge >= 0.3 is 0 Å². The highest BCUT2D eigenvalue weighted by Gasteiger charge is 2.31. The summed E-state index contributed by atoms with van der Waals surface area (Å²) in [5.74, 6) is 0.950. The lowest BCUT2D eigenvalue weighted by molar-refractivity contribution is -0.125. The number of aryl methyl sites for hydroxylation is 1. The first kappa shape index (κ1) is 23.2. The van der Waals surface area contributed by atoms with E-state index in [1.165, 1.54) is 19.8 Å². The number of hydrogen-bond donors (Lipinski definition) is 1. The van der Waals surface area contributed by atoms with Gasteiger partial charge in [0.25, 0.3) is 11.8 Å². The largest absolute Gasteiger partial charge is 0.496 e. The molecule has 0 radical (unpaired) electrons. The van der Waals surface area contributed by atoms with Gasteiger partial charge in [0.1, 0.15) is 22.8 Å². The van der Waals surface area contributed by atoms with Crippen LogP contribution in [0, 0.1) is 0 Å². The Kier molecular flexibility index (Phi) is 7.01. The molecule has 1 atom stereocenters. The van der Waals surface area contributed by atoms with Crippen molar-refractivity contribution in [1.82, 2.24) is 0 Å². The molecule has 176 valence electrons. The molecule has 1 N–H and O–H groups in total. The van der Waals surface area contributed by atoms with Crippen LogP contribution in [0.2, 0.25) is 0 Å². The van der Waals surface area contributed by atoms with Crippen molar-refractivity contribution in [1.29, 1.82) is 0 Å². The number of nitrogens with zero attached hydrogens (tertiary/aromatic N) is 1. The van der Waals surface area contributed by atoms with Crippen LogP contribution in [0.3, 0.4) is 0 Å². The van der Waals surface area contributed by atoms with E-state index in [-0.39, 0.29) is 11.8 Å². The monoisotopic (exact) mass is 460 g/mol. The summed E-state index contributed by atoms with van der Waals surface area (Å²) < 4.78 is 16.5. The first-order valence-corrected chi connectivity index (χ1v) is 11.2. The van der Waals surface area contributed by atoms with Crippen LogP contribution in [-0.2, 0) is 11.2 Å². The molecule has 0 saturated heterocycles. The van der Waals surface area contributed by atoms with Crippen molar-refractivity contribution in [3.63, 3.8) is 0 Å². The third-order valence-electron chi connectivity index (χ3n) is 5.77. The summed E-state index contributed by atoms with van der Waals surface area (Å²) in [5.41, 5.74) is 2.70. The zero-order valence-corrected chi connectivity index (χ0v) is 19.5. The number of methoxy groups -OCH3 is 2. The zero-order chi connectivity index (χ0) is 24.1. The summed E-state index contributed by atoms with van der Waals surface area (Å²) >= 11 is 0. The fraction of sp³-hybridized carbons (Fsp3) is 0.259. The molecule has 0 fully saturated rings. The Bertz CT molecular complexity index is 1160. The van der Waals surface area contributed by atoms with Gasteiger partial charge in [-0.1, -0.05) is 36.4 Å². The van der Waals surface area contributed by atoms with Crippen molar-refractivity contribution in [3.8, 4) is 17.2 Å². The number of carbonyl (C=O) groups excluding carboxylic acids is 2. The van der Waals surface area contributed by atoms with Gasteiger partial charge in [-0.3, -0.25) is 9.59 Å². The molecule has 3 aromatic rings. The maximum atomic E-state index is 13.1. The Labute approximate surface area is 199 Å². The lowest BCUT2D eigenvalue weighted by Crippen LogP contribution is -2.45. The molecule has 0 aliphatic carbocycles. The fourth-order valence-corrected chi connectivity index (χ4v) is 4.07. The van der Waals surface area contributed by atoms with Crippen LogP contribution in [0.25, 0.3) is 0 Å². The van der Waals surface area contributed by atoms with E-state index in [1.807, 2.05) is 18.2 Å². The number of amides is 2. The van der Waals surface area contributed by atoms with Gasteiger partial charge in [-0.05, 0) is 55.7 Å². The number of ether oxygens (including phenoxy) is 3. The highest BCUT2D eigenvalue weighted by atomic mass is 16.5. The van der Waals surface area contributed by atoms with Gasteiger partial charge in [-0.25, -0.2) is 0 Å². The Balaban J connectivity index is 1.56. The summed E-state index contributed by atoms with van der Waals surface area (Å²) in [7, 11) is 3.00. The molecule has 2 amide bonds. The minimum Gasteiger partial charge on any atom is -0.496 e. The Morgan fingerprint density at radius 3 is 2.38 bits per heavy atom. The van der Waals surface area contributed by atoms with E-state index in [1.54, 1.807) is 48.2 Å². The fourth-order valence-electron chi connectivity index (χ4n) is 4.07. The van der Waals surface area contributed by atoms with Gasteiger partial charge in [-0.15, -0.1) is 0 Å². The molecule has 1 aliphatic heterocycles. The molecule has 0 spiro atoms. The number of carbonyl (C=O) groups is 2. The van der Waals surface area contributed by atoms with Gasteiger partial charge in [0, 0.05) is 12.2 Å². The number of anilines is 2. The third-order valence-corrected chi connectivity index (χ3v) is 5.77. The topological polar surface area (TPSA) is 77.1 Å². The number of rotatable bonds is 8. The minimum atomic E-state index is -0.567. The van der Waals surface area contributed by atoms with E-state index in [0.29, 0.717) is 40.7 Å². The number of benzene rings is 3. The van der Waals surface area contributed by atoms with Crippen molar-refractivity contribution < 1.29 is 23.8 Å². The van der Waals surface area contributed by atoms with Gasteiger partial charge < -0.3 is 24.4 Å².